The van der Waals surface area contributed by atoms with Crippen molar-refractivity contribution in [1.29, 1.82) is 0 Å². The van der Waals surface area contributed by atoms with Gasteiger partial charge in [-0.25, -0.2) is 4.98 Å². The molecule has 2 atom stereocenters. The first-order valence-corrected chi connectivity index (χ1v) is 9.31. The van der Waals surface area contributed by atoms with Crippen LogP contribution in [0.15, 0.2) is 0 Å². The summed E-state index contributed by atoms with van der Waals surface area (Å²) in [5.41, 5.74) is 1.35. The Morgan fingerprint density at radius 1 is 1.14 bits per heavy atom. The third-order valence-corrected chi connectivity index (χ3v) is 5.66. The van der Waals surface area contributed by atoms with Gasteiger partial charge in [-0.2, -0.15) is 0 Å². The number of hydrogen-bond acceptors (Lipinski definition) is 3. The lowest BCUT2D eigenvalue weighted by atomic mass is 9.98. The van der Waals surface area contributed by atoms with E-state index in [-0.39, 0.29) is 5.41 Å². The first kappa shape index (κ1) is 18.6. The minimum Gasteiger partial charge on any atom is -0.307 e. The third kappa shape index (κ3) is 6.07. The second-order valence-electron chi connectivity index (χ2n) is 7.36. The monoisotopic (exact) mass is 310 g/mol. The molecule has 2 unspecified atom stereocenters. The molecule has 0 aliphatic carbocycles. The Labute approximate surface area is 135 Å². The molecule has 122 valence electrons. The van der Waals surface area contributed by atoms with Crippen molar-refractivity contribution in [3.05, 3.63) is 15.6 Å². The largest absolute Gasteiger partial charge is 0.307 e. The maximum Gasteiger partial charge on any atom is 0.0985 e. The maximum absolute atomic E-state index is 4.78. The van der Waals surface area contributed by atoms with Crippen LogP contribution in [0.1, 0.15) is 95.3 Å². The second-order valence-corrected chi connectivity index (χ2v) is 8.39. The number of nitrogens with zero attached hydrogens (tertiary/aromatic N) is 1. The number of aromatic nitrogens is 1. The molecule has 0 saturated carbocycles. The summed E-state index contributed by atoms with van der Waals surface area (Å²) in [5, 5.41) is 5.00. The lowest BCUT2D eigenvalue weighted by Gasteiger charge is -2.19. The highest BCUT2D eigenvalue weighted by Crippen LogP contribution is 2.32. The van der Waals surface area contributed by atoms with Crippen molar-refractivity contribution in [2.45, 2.75) is 98.1 Å². The summed E-state index contributed by atoms with van der Waals surface area (Å²) in [6, 6.07) is 0.983. The molecule has 0 bridgehead atoms. The Morgan fingerprint density at radius 2 is 1.81 bits per heavy atom. The molecule has 21 heavy (non-hydrogen) atoms. The number of aryl methyl sites for hydroxylation is 1. The minimum absolute atomic E-state index is 0.152. The van der Waals surface area contributed by atoms with Crippen molar-refractivity contribution in [3.8, 4) is 0 Å². The predicted octanol–water partition coefficient (Wildman–Crippen LogP) is 5.76. The summed E-state index contributed by atoms with van der Waals surface area (Å²) in [5.74, 6) is 0. The number of hydrogen-bond donors (Lipinski definition) is 1. The average molecular weight is 311 g/mol. The summed E-state index contributed by atoms with van der Waals surface area (Å²) in [6.45, 7) is 15.7. The topological polar surface area (TPSA) is 24.9 Å². The molecule has 1 rings (SSSR count). The summed E-state index contributed by atoms with van der Waals surface area (Å²) in [6.07, 6.45) is 6.65. The van der Waals surface area contributed by atoms with Crippen molar-refractivity contribution in [3.63, 3.8) is 0 Å². The second kappa shape index (κ2) is 8.28. The number of nitrogens with one attached hydrogen (secondary N) is 1. The van der Waals surface area contributed by atoms with Crippen LogP contribution in [0.25, 0.3) is 0 Å². The van der Waals surface area contributed by atoms with E-state index in [1.165, 1.54) is 47.7 Å². The number of rotatable bonds is 8. The van der Waals surface area contributed by atoms with Gasteiger partial charge in [-0.3, -0.25) is 0 Å². The van der Waals surface area contributed by atoms with E-state index in [0.717, 1.165) is 0 Å². The van der Waals surface area contributed by atoms with Crippen LogP contribution in [0.4, 0.5) is 0 Å². The van der Waals surface area contributed by atoms with Crippen LogP contribution in [0.2, 0.25) is 0 Å². The lowest BCUT2D eigenvalue weighted by Crippen LogP contribution is -2.28. The quantitative estimate of drug-likeness (QED) is 0.618. The van der Waals surface area contributed by atoms with Crippen LogP contribution in [-0.4, -0.2) is 11.0 Å². The first-order chi connectivity index (χ1) is 9.75. The SMILES string of the molecule is CCCCCCC(C)NC(C)c1sc(C(C)(C)C)nc1C. The highest BCUT2D eigenvalue weighted by Gasteiger charge is 2.22. The van der Waals surface area contributed by atoms with E-state index < -0.39 is 0 Å². The molecular formula is C18H34N2S. The van der Waals surface area contributed by atoms with E-state index in [4.69, 9.17) is 4.98 Å². The van der Waals surface area contributed by atoms with Gasteiger partial charge in [0.25, 0.3) is 0 Å². The zero-order valence-corrected chi connectivity index (χ0v) is 15.9. The smallest absolute Gasteiger partial charge is 0.0985 e. The Hall–Kier alpha value is -0.410. The van der Waals surface area contributed by atoms with Crippen LogP contribution in [0.5, 0.6) is 0 Å². The van der Waals surface area contributed by atoms with E-state index in [1.807, 2.05) is 11.3 Å². The van der Waals surface area contributed by atoms with Gasteiger partial charge in [-0.05, 0) is 27.2 Å². The Balaban J connectivity index is 2.55. The number of thiazole rings is 1. The fraction of sp³-hybridized carbons (Fsp3) is 0.833. The Kier molecular flexibility index (Phi) is 7.35. The molecule has 1 aromatic rings. The van der Waals surface area contributed by atoms with Gasteiger partial charge < -0.3 is 5.32 Å². The van der Waals surface area contributed by atoms with Gasteiger partial charge >= 0.3 is 0 Å². The Morgan fingerprint density at radius 3 is 2.33 bits per heavy atom. The van der Waals surface area contributed by atoms with E-state index in [1.54, 1.807) is 0 Å². The van der Waals surface area contributed by atoms with Crippen molar-refractivity contribution in [2.24, 2.45) is 0 Å². The molecule has 1 N–H and O–H groups in total. The molecule has 0 amide bonds. The standard InChI is InChI=1S/C18H34N2S/c1-8-9-10-11-12-13(2)19-14(3)16-15(4)20-17(21-16)18(5,6)7/h13-14,19H,8-12H2,1-7H3. The molecule has 3 heteroatoms. The van der Waals surface area contributed by atoms with Gasteiger partial charge in [0, 0.05) is 22.4 Å². The summed E-state index contributed by atoms with van der Waals surface area (Å²) in [4.78, 5) is 6.18. The zero-order valence-electron chi connectivity index (χ0n) is 15.0. The molecular weight excluding hydrogens is 276 g/mol. The van der Waals surface area contributed by atoms with Gasteiger partial charge in [0.05, 0.1) is 10.7 Å². The van der Waals surface area contributed by atoms with Gasteiger partial charge in [-0.1, -0.05) is 53.4 Å². The van der Waals surface area contributed by atoms with Gasteiger partial charge in [0.15, 0.2) is 0 Å². The van der Waals surface area contributed by atoms with E-state index in [2.05, 4.69) is 53.8 Å². The molecule has 1 aromatic heterocycles. The molecule has 0 aliphatic heterocycles. The maximum atomic E-state index is 4.78. The fourth-order valence-corrected chi connectivity index (χ4v) is 3.73. The normalized spacial score (nSPS) is 15.2. The van der Waals surface area contributed by atoms with Crippen LogP contribution in [-0.2, 0) is 5.41 Å². The molecule has 0 aromatic carbocycles. The predicted molar refractivity (Wildman–Crippen MR) is 95.3 cm³/mol. The van der Waals surface area contributed by atoms with Crippen molar-refractivity contribution in [2.75, 3.05) is 0 Å². The van der Waals surface area contributed by atoms with Crippen LogP contribution in [0.3, 0.4) is 0 Å². The summed E-state index contributed by atoms with van der Waals surface area (Å²) >= 11 is 1.87. The molecule has 0 aliphatic rings. The van der Waals surface area contributed by atoms with E-state index in [0.29, 0.717) is 12.1 Å². The molecule has 1 heterocycles. The minimum atomic E-state index is 0.152. The molecule has 0 spiro atoms. The highest BCUT2D eigenvalue weighted by molar-refractivity contribution is 7.12. The van der Waals surface area contributed by atoms with Gasteiger partial charge in [0.2, 0.25) is 0 Å². The number of unbranched alkanes of at least 4 members (excludes halogenated alkanes) is 3. The molecule has 0 fully saturated rings. The van der Waals surface area contributed by atoms with Crippen molar-refractivity contribution >= 4 is 11.3 Å². The van der Waals surface area contributed by atoms with E-state index >= 15 is 0 Å². The van der Waals surface area contributed by atoms with Crippen LogP contribution < -0.4 is 5.32 Å². The molecule has 2 nitrogen and oxygen atoms in total. The zero-order chi connectivity index (χ0) is 16.0. The molecule has 0 radical (unpaired) electrons. The fourth-order valence-electron chi connectivity index (χ4n) is 2.59. The molecule has 0 saturated heterocycles. The summed E-state index contributed by atoms with van der Waals surface area (Å²) in [7, 11) is 0. The lowest BCUT2D eigenvalue weighted by molar-refractivity contribution is 0.440. The third-order valence-electron chi connectivity index (χ3n) is 3.89. The van der Waals surface area contributed by atoms with E-state index in [9.17, 15) is 0 Å². The first-order valence-electron chi connectivity index (χ1n) is 8.49. The highest BCUT2D eigenvalue weighted by atomic mass is 32.1. The van der Waals surface area contributed by atoms with Crippen molar-refractivity contribution < 1.29 is 0 Å². The van der Waals surface area contributed by atoms with Gasteiger partial charge in [-0.15, -0.1) is 11.3 Å². The van der Waals surface area contributed by atoms with Crippen LogP contribution >= 0.6 is 11.3 Å². The van der Waals surface area contributed by atoms with Crippen LogP contribution in [0, 0.1) is 6.92 Å². The average Bonchev–Trinajstić information content (AvgIpc) is 2.77. The Bertz CT molecular complexity index is 417. The summed E-state index contributed by atoms with van der Waals surface area (Å²) < 4.78 is 0. The van der Waals surface area contributed by atoms with Gasteiger partial charge in [0.1, 0.15) is 0 Å². The van der Waals surface area contributed by atoms with Crippen molar-refractivity contribution in [1.82, 2.24) is 10.3 Å².